The molecular weight excluding hydrogens is 1230 g/mol. The maximum Gasteiger partial charge on any atom is 0.399 e. The molecule has 9 rings (SSSR count). The van der Waals surface area contributed by atoms with Gasteiger partial charge in [0.1, 0.15) is 36.0 Å². The van der Waals surface area contributed by atoms with Crippen LogP contribution in [0.1, 0.15) is 113 Å². The SMILES string of the molecule is CC(C)(C)c1ccc(CC(NC(=O)C(CCC(N)=O)NC(=O)[C@@H]2CC[C@@H]3CCN(CC(F)F)C[C@H](NC(=O)c4cc5cc(C(F)(F)P(=O)(O)O)ccc5s4)C(=O)N32)C(=O)N2CCN(CCNc3cc4c(cc3F)C(=O)N(C3CCC(=O)NC3=O)C4=O)CC2)cc1. The van der Waals surface area contributed by atoms with Crippen LogP contribution in [0.5, 0.6) is 0 Å². The van der Waals surface area contributed by atoms with Crippen LogP contribution in [0.2, 0.25) is 0 Å². The van der Waals surface area contributed by atoms with Crippen molar-refractivity contribution in [3.8, 4) is 0 Å². The zero-order valence-corrected chi connectivity index (χ0v) is 51.0. The summed E-state index contributed by atoms with van der Waals surface area (Å²) in [5.41, 5.74) is 1.03. The van der Waals surface area contributed by atoms with Crippen LogP contribution in [0.25, 0.3) is 10.1 Å². The van der Waals surface area contributed by atoms with Gasteiger partial charge in [0.05, 0.1) is 28.2 Å². The Morgan fingerprint density at radius 3 is 2.14 bits per heavy atom. The molecule has 6 atom stereocenters. The lowest BCUT2D eigenvalue weighted by atomic mass is 9.86. The second-order valence-electron chi connectivity index (χ2n) is 24.1. The summed E-state index contributed by atoms with van der Waals surface area (Å²) in [5, 5.41) is 13.1. The Morgan fingerprint density at radius 1 is 0.822 bits per heavy atom. The highest BCUT2D eigenvalue weighted by Gasteiger charge is 2.51. The number of anilines is 1. The molecule has 10 amide bonds. The van der Waals surface area contributed by atoms with E-state index in [4.69, 9.17) is 5.73 Å². The molecule has 0 bridgehead atoms. The van der Waals surface area contributed by atoms with E-state index >= 15 is 4.39 Å². The summed E-state index contributed by atoms with van der Waals surface area (Å²) in [7, 11) is -5.95. The summed E-state index contributed by atoms with van der Waals surface area (Å²) in [6.45, 7) is 6.39. The van der Waals surface area contributed by atoms with E-state index < -0.39 is 146 Å². The lowest BCUT2D eigenvalue weighted by Gasteiger charge is -2.39. The van der Waals surface area contributed by atoms with Crippen LogP contribution in [-0.4, -0.2) is 195 Å². The van der Waals surface area contributed by atoms with Crippen molar-refractivity contribution < 1.29 is 84.2 Å². The first-order chi connectivity index (χ1) is 42.4. The van der Waals surface area contributed by atoms with Gasteiger partial charge in [0.2, 0.25) is 41.4 Å². The Kier molecular flexibility index (Phi) is 20.0. The van der Waals surface area contributed by atoms with E-state index in [2.05, 4.69) is 26.6 Å². The van der Waals surface area contributed by atoms with Gasteiger partial charge in [-0.05, 0) is 84.4 Å². The van der Waals surface area contributed by atoms with Gasteiger partial charge < -0.3 is 46.6 Å². The van der Waals surface area contributed by atoms with Crippen LogP contribution in [-0.2, 0) is 55.6 Å². The number of imide groups is 2. The zero-order valence-electron chi connectivity index (χ0n) is 49.3. The number of hydrogen-bond donors (Lipinski definition) is 8. The van der Waals surface area contributed by atoms with Crippen LogP contribution in [0, 0.1) is 5.82 Å². The smallest absolute Gasteiger partial charge is 0.381 e. The molecule has 90 heavy (non-hydrogen) atoms. The van der Waals surface area contributed by atoms with Gasteiger partial charge in [-0.25, -0.2) is 13.2 Å². The van der Waals surface area contributed by atoms with E-state index in [0.717, 1.165) is 52.1 Å². The van der Waals surface area contributed by atoms with Gasteiger partial charge in [-0.1, -0.05) is 51.1 Å². The number of thiophene rings is 1. The van der Waals surface area contributed by atoms with E-state index in [-0.39, 0.29) is 108 Å². The molecular formula is C59H69F5N11O13PS. The van der Waals surface area contributed by atoms with E-state index in [1.54, 1.807) is 4.90 Å². The Morgan fingerprint density at radius 2 is 1.50 bits per heavy atom. The van der Waals surface area contributed by atoms with Gasteiger partial charge in [0.25, 0.3) is 24.1 Å². The van der Waals surface area contributed by atoms with Crippen LogP contribution < -0.4 is 32.3 Å². The summed E-state index contributed by atoms with van der Waals surface area (Å²) < 4.78 is 84.4. The third-order valence-corrected chi connectivity index (χ3v) is 19.0. The predicted octanol–water partition coefficient (Wildman–Crippen LogP) is 3.13. The third-order valence-electron chi connectivity index (χ3n) is 16.9. The molecule has 4 fully saturated rings. The highest BCUT2D eigenvalue weighted by molar-refractivity contribution is 7.52. The van der Waals surface area contributed by atoms with Crippen molar-refractivity contribution in [3.05, 3.63) is 99.2 Å². The largest absolute Gasteiger partial charge is 0.399 e. The van der Waals surface area contributed by atoms with Crippen LogP contribution in [0.15, 0.2) is 60.7 Å². The number of hydrogen-bond acceptors (Lipinski definition) is 15. The van der Waals surface area contributed by atoms with Crippen molar-refractivity contribution in [1.29, 1.82) is 0 Å². The number of nitrogens with zero attached hydrogens (tertiary/aromatic N) is 5. The molecule has 3 aromatic carbocycles. The quantitative estimate of drug-likeness (QED) is 0.0338. The van der Waals surface area contributed by atoms with Gasteiger partial charge in [-0.3, -0.25) is 72.5 Å². The molecule has 0 saturated carbocycles. The maximum atomic E-state index is 15.4. The number of amides is 10. The summed E-state index contributed by atoms with van der Waals surface area (Å²) in [6, 6.07) is 5.95. The number of nitrogens with one attached hydrogen (secondary N) is 5. The van der Waals surface area contributed by atoms with Crippen molar-refractivity contribution >= 4 is 93.8 Å². The van der Waals surface area contributed by atoms with Gasteiger partial charge in [-0.15, -0.1) is 11.3 Å². The third kappa shape index (κ3) is 14.8. The van der Waals surface area contributed by atoms with Crippen molar-refractivity contribution in [2.75, 3.05) is 64.2 Å². The van der Waals surface area contributed by atoms with Crippen molar-refractivity contribution in [1.82, 2.24) is 45.8 Å². The zero-order chi connectivity index (χ0) is 65.3. The first-order valence-electron chi connectivity index (χ1n) is 29.3. The second kappa shape index (κ2) is 27.0. The molecule has 0 radical (unpaired) electrons. The van der Waals surface area contributed by atoms with E-state index in [1.165, 1.54) is 15.9 Å². The molecule has 1 aromatic heterocycles. The molecule has 484 valence electrons. The lowest BCUT2D eigenvalue weighted by Crippen LogP contribution is -2.62. The fourth-order valence-electron chi connectivity index (χ4n) is 12.0. The van der Waals surface area contributed by atoms with Gasteiger partial charge in [0, 0.05) is 87.9 Å². The lowest BCUT2D eigenvalue weighted by molar-refractivity contribution is -0.144. The fourth-order valence-corrected chi connectivity index (χ4v) is 13.4. The Labute approximate surface area is 516 Å². The monoisotopic (exact) mass is 1300 g/mol. The van der Waals surface area contributed by atoms with Gasteiger partial charge in [-0.2, -0.15) is 8.78 Å². The molecule has 6 heterocycles. The molecule has 4 saturated heterocycles. The molecule has 9 N–H and O–H groups in total. The highest BCUT2D eigenvalue weighted by atomic mass is 32.1. The van der Waals surface area contributed by atoms with Crippen molar-refractivity contribution in [3.63, 3.8) is 0 Å². The molecule has 31 heteroatoms. The summed E-state index contributed by atoms with van der Waals surface area (Å²) in [6.07, 6.45) is -3.40. The van der Waals surface area contributed by atoms with Crippen molar-refractivity contribution in [2.24, 2.45) is 5.73 Å². The number of carbonyl (C=O) groups is 10. The summed E-state index contributed by atoms with van der Waals surface area (Å²) in [5.74, 6) is -8.59. The topological polar surface area (TPSA) is 331 Å². The molecule has 0 spiro atoms. The number of piperazine rings is 1. The number of alkyl halides is 4. The number of rotatable bonds is 21. The van der Waals surface area contributed by atoms with Crippen LogP contribution in [0.3, 0.4) is 0 Å². The first kappa shape index (κ1) is 66.7. The Bertz CT molecular complexity index is 3560. The highest BCUT2D eigenvalue weighted by Crippen LogP contribution is 2.59. The minimum Gasteiger partial charge on any atom is -0.381 e. The second-order valence-corrected chi connectivity index (χ2v) is 26.8. The molecule has 5 aliphatic heterocycles. The van der Waals surface area contributed by atoms with Gasteiger partial charge in [0.15, 0.2) is 0 Å². The molecule has 4 aromatic rings. The van der Waals surface area contributed by atoms with Crippen LogP contribution >= 0.6 is 18.9 Å². The summed E-state index contributed by atoms with van der Waals surface area (Å²) >= 11 is 0.797. The predicted molar refractivity (Wildman–Crippen MR) is 315 cm³/mol. The standard InChI is InChI=1S/C59H69F5N11O13PS/c1-58(2,3)33-6-4-31(5-7-33)24-41(56(84)73-22-20-71(21-23-73)19-17-66-40-28-37-36(27-38(40)60)54(82)75(55(37)83)44-12-15-49(77)70-52(44)80)68-50(78)39(10-14-48(65)76)67-51(79)43-11-9-35-16-18-72(30-47(61)62)29-42(57(85)74(35)43)69-53(81)46-26-32-25-34(8-13-45(32)90-46)59(63,64)89(86,87)88/h4-8,13,25-28,35,39,41-44,47,66H,9-12,14-24,29-30H2,1-3H3,(H2,65,76)(H,67,79)(H,68,78)(H,69,81)(H,70,77,80)(H2,86,87,88)/t35-,39?,41?,42+,43+,44?/m1/s1. The number of benzene rings is 3. The molecule has 0 aliphatic carbocycles. The normalized spacial score (nSPS) is 21.1. The average Bonchev–Trinajstić information content (AvgIpc) is 1.60. The minimum atomic E-state index is -5.95. The van der Waals surface area contributed by atoms with Crippen LogP contribution in [0.4, 0.5) is 27.6 Å². The van der Waals surface area contributed by atoms with Gasteiger partial charge >= 0.3 is 13.3 Å². The number of piperidine rings is 1. The number of nitrogens with two attached hydrogens (primary N) is 1. The molecule has 3 unspecified atom stereocenters. The van der Waals surface area contributed by atoms with E-state index in [1.807, 2.05) is 49.9 Å². The Balaban J connectivity index is 0.874. The minimum absolute atomic E-state index is 0.00620. The maximum absolute atomic E-state index is 15.4. The first-order valence-corrected chi connectivity index (χ1v) is 31.7. The van der Waals surface area contributed by atoms with E-state index in [0.29, 0.717) is 25.2 Å². The number of halogens is 5. The number of primary amides is 1. The number of carbonyl (C=O) groups excluding carboxylic acids is 10. The molecule has 5 aliphatic rings. The summed E-state index contributed by atoms with van der Waals surface area (Å²) in [4.78, 5) is 161. The number of fused-ring (bicyclic) bond motifs is 3. The fraction of sp³-hybridized carbons (Fsp3) is 0.492. The Hall–Kier alpha value is -7.76. The van der Waals surface area contributed by atoms with E-state index in [9.17, 15) is 79.9 Å². The van der Waals surface area contributed by atoms with Crippen molar-refractivity contribution in [2.45, 2.75) is 126 Å². The average molecular weight is 1300 g/mol. The molecule has 24 nitrogen and oxygen atoms in total.